The smallest absolute Gasteiger partial charge is 0.272 e. The van der Waals surface area contributed by atoms with E-state index in [-0.39, 0.29) is 5.91 Å². The molecule has 1 atom stereocenters. The van der Waals surface area contributed by atoms with Crippen molar-refractivity contribution in [1.82, 2.24) is 0 Å². The molecule has 0 fully saturated rings. The van der Waals surface area contributed by atoms with E-state index in [1.807, 2.05) is 36.4 Å². The Hall–Kier alpha value is -2.33. The average molecular weight is 313 g/mol. The summed E-state index contributed by atoms with van der Waals surface area (Å²) in [7, 11) is 0. The molecule has 1 N–H and O–H groups in total. The monoisotopic (exact) mass is 312 g/mol. The molecular weight excluding hydrogens is 300 g/mol. The molecule has 0 radical (unpaired) electrons. The van der Waals surface area contributed by atoms with Crippen LogP contribution in [-0.4, -0.2) is 17.2 Å². The van der Waals surface area contributed by atoms with E-state index in [0.29, 0.717) is 17.9 Å². The van der Waals surface area contributed by atoms with Crippen LogP contribution in [0.15, 0.2) is 53.7 Å². The Morgan fingerprint density at radius 2 is 1.86 bits per heavy atom. The molecule has 2 aromatic rings. The Bertz CT molecular complexity index is 786. The van der Waals surface area contributed by atoms with E-state index >= 15 is 0 Å². The van der Waals surface area contributed by atoms with E-state index in [2.05, 4.69) is 10.5 Å². The van der Waals surface area contributed by atoms with Gasteiger partial charge >= 0.3 is 0 Å². The van der Waals surface area contributed by atoms with Crippen LogP contribution < -0.4 is 5.32 Å². The molecule has 4 nitrogen and oxygen atoms in total. The second kappa shape index (κ2) is 4.85. The highest BCUT2D eigenvalue weighted by Gasteiger charge is 2.49. The average Bonchev–Trinajstić information content (AvgIpc) is 2.94. The number of halogens is 1. The lowest BCUT2D eigenvalue weighted by Gasteiger charge is -2.31. The van der Waals surface area contributed by atoms with Crippen molar-refractivity contribution in [3.8, 4) is 0 Å². The molecule has 0 aromatic heterocycles. The summed E-state index contributed by atoms with van der Waals surface area (Å²) in [6.07, 6.45) is 0.977. The number of carbonyl (C=O) groups excluding carboxylic acids is 1. The quantitative estimate of drug-likeness (QED) is 0.877. The summed E-state index contributed by atoms with van der Waals surface area (Å²) in [5.74, 6) is -0.140. The summed E-state index contributed by atoms with van der Waals surface area (Å²) < 4.78 is 0. The highest BCUT2D eigenvalue weighted by atomic mass is 35.5. The fraction of sp³-hybridized carbons (Fsp3) is 0.176. The molecular formula is C17H13ClN2O2. The number of oxime groups is 1. The third kappa shape index (κ3) is 2.07. The third-order valence-electron chi connectivity index (χ3n) is 4.12. The Morgan fingerprint density at radius 1 is 1.09 bits per heavy atom. The van der Waals surface area contributed by atoms with E-state index in [9.17, 15) is 4.79 Å². The first-order valence-electron chi connectivity index (χ1n) is 7.07. The Labute approximate surface area is 132 Å². The lowest BCUT2D eigenvalue weighted by Crippen LogP contribution is -2.48. The van der Waals surface area contributed by atoms with Crippen LogP contribution in [0.25, 0.3) is 0 Å². The molecule has 110 valence electrons. The summed E-state index contributed by atoms with van der Waals surface area (Å²) in [5.41, 5.74) is 2.67. The van der Waals surface area contributed by atoms with Gasteiger partial charge in [-0.1, -0.05) is 47.1 Å². The predicted molar refractivity (Wildman–Crippen MR) is 85.2 cm³/mol. The van der Waals surface area contributed by atoms with Gasteiger partial charge in [-0.25, -0.2) is 0 Å². The SMILES string of the molecule is O=C1Nc2ccccc2CC12CC(c1ccc(Cl)cc1)=NO2. The van der Waals surface area contributed by atoms with E-state index in [1.165, 1.54) is 0 Å². The van der Waals surface area contributed by atoms with Crippen LogP contribution >= 0.6 is 11.6 Å². The largest absolute Gasteiger partial charge is 0.378 e. The standard InChI is InChI=1S/C17H13ClN2O2/c18-13-7-5-11(6-8-13)15-10-17(22-20-15)9-12-3-1-2-4-14(12)19-16(17)21/h1-8H,9-10H2,(H,19,21). The lowest BCUT2D eigenvalue weighted by molar-refractivity contribution is -0.138. The molecule has 2 aliphatic rings. The molecule has 0 saturated heterocycles. The maximum atomic E-state index is 12.5. The molecule has 2 aliphatic heterocycles. The Morgan fingerprint density at radius 3 is 2.68 bits per heavy atom. The number of anilines is 1. The number of carbonyl (C=O) groups is 1. The number of nitrogens with one attached hydrogen (secondary N) is 1. The molecule has 0 aliphatic carbocycles. The molecule has 1 unspecified atom stereocenters. The van der Waals surface area contributed by atoms with Crippen LogP contribution in [0.1, 0.15) is 17.5 Å². The zero-order chi connectivity index (χ0) is 15.2. The van der Waals surface area contributed by atoms with Gasteiger partial charge in [-0.3, -0.25) is 4.79 Å². The maximum absolute atomic E-state index is 12.5. The van der Waals surface area contributed by atoms with Gasteiger partial charge in [0.05, 0.1) is 5.71 Å². The van der Waals surface area contributed by atoms with Crippen molar-refractivity contribution in [2.45, 2.75) is 18.4 Å². The molecule has 22 heavy (non-hydrogen) atoms. The van der Waals surface area contributed by atoms with Gasteiger partial charge in [-0.05, 0) is 29.3 Å². The van der Waals surface area contributed by atoms with Crippen molar-refractivity contribution in [2.24, 2.45) is 5.16 Å². The van der Waals surface area contributed by atoms with Gasteiger partial charge in [0.15, 0.2) is 0 Å². The van der Waals surface area contributed by atoms with Crippen LogP contribution in [0.2, 0.25) is 5.02 Å². The Kier molecular flexibility index (Phi) is 2.94. The second-order valence-electron chi connectivity index (χ2n) is 5.60. The third-order valence-corrected chi connectivity index (χ3v) is 4.37. The van der Waals surface area contributed by atoms with Crippen LogP contribution in [0.3, 0.4) is 0 Å². The molecule has 0 saturated carbocycles. The molecule has 1 spiro atoms. The number of rotatable bonds is 1. The van der Waals surface area contributed by atoms with Crippen molar-refractivity contribution in [1.29, 1.82) is 0 Å². The minimum atomic E-state index is -0.941. The zero-order valence-electron chi connectivity index (χ0n) is 11.7. The fourth-order valence-electron chi connectivity index (χ4n) is 2.91. The van der Waals surface area contributed by atoms with Crippen molar-refractivity contribution in [3.05, 3.63) is 64.7 Å². The molecule has 1 amide bonds. The minimum Gasteiger partial charge on any atom is -0.378 e. The highest BCUT2D eigenvalue weighted by molar-refractivity contribution is 6.30. The highest BCUT2D eigenvalue weighted by Crippen LogP contribution is 2.37. The van der Waals surface area contributed by atoms with Gasteiger partial charge in [0.25, 0.3) is 5.91 Å². The molecule has 2 heterocycles. The summed E-state index contributed by atoms with van der Waals surface area (Å²) >= 11 is 5.90. The summed E-state index contributed by atoms with van der Waals surface area (Å²) in [6.45, 7) is 0. The first kappa shape index (κ1) is 13.3. The van der Waals surface area contributed by atoms with Crippen molar-refractivity contribution in [3.63, 3.8) is 0 Å². The van der Waals surface area contributed by atoms with Gasteiger partial charge in [-0.2, -0.15) is 0 Å². The number of para-hydroxylation sites is 1. The van der Waals surface area contributed by atoms with E-state index in [4.69, 9.17) is 16.4 Å². The number of nitrogens with zero attached hydrogens (tertiary/aromatic N) is 1. The van der Waals surface area contributed by atoms with Crippen LogP contribution in [0.4, 0.5) is 5.69 Å². The van der Waals surface area contributed by atoms with E-state index < -0.39 is 5.60 Å². The van der Waals surface area contributed by atoms with Crippen molar-refractivity contribution >= 4 is 28.9 Å². The number of hydrogen-bond acceptors (Lipinski definition) is 3. The summed E-state index contributed by atoms with van der Waals surface area (Å²) in [6, 6.07) is 15.1. The van der Waals surface area contributed by atoms with Crippen LogP contribution in [0, 0.1) is 0 Å². The molecule has 2 aromatic carbocycles. The van der Waals surface area contributed by atoms with Gasteiger partial charge in [-0.15, -0.1) is 0 Å². The summed E-state index contributed by atoms with van der Waals surface area (Å²) in [4.78, 5) is 18.1. The van der Waals surface area contributed by atoms with Crippen molar-refractivity contribution in [2.75, 3.05) is 5.32 Å². The van der Waals surface area contributed by atoms with Gasteiger partial charge in [0, 0.05) is 23.6 Å². The first-order valence-corrected chi connectivity index (χ1v) is 7.44. The second-order valence-corrected chi connectivity index (χ2v) is 6.03. The molecule has 0 bridgehead atoms. The van der Waals surface area contributed by atoms with Gasteiger partial charge in [0.1, 0.15) is 0 Å². The number of fused-ring (bicyclic) bond motifs is 1. The molecule has 5 heteroatoms. The normalized spacial score (nSPS) is 22.8. The van der Waals surface area contributed by atoms with Crippen LogP contribution in [-0.2, 0) is 16.1 Å². The van der Waals surface area contributed by atoms with Crippen LogP contribution in [0.5, 0.6) is 0 Å². The van der Waals surface area contributed by atoms with E-state index in [0.717, 1.165) is 22.5 Å². The maximum Gasteiger partial charge on any atom is 0.272 e. The Balaban J connectivity index is 1.63. The predicted octanol–water partition coefficient (Wildman–Crippen LogP) is 3.40. The summed E-state index contributed by atoms with van der Waals surface area (Å²) in [5, 5.41) is 7.73. The molecule has 4 rings (SSSR count). The van der Waals surface area contributed by atoms with E-state index in [1.54, 1.807) is 12.1 Å². The number of amides is 1. The zero-order valence-corrected chi connectivity index (χ0v) is 12.4. The first-order chi connectivity index (χ1) is 10.7. The minimum absolute atomic E-state index is 0.140. The lowest BCUT2D eigenvalue weighted by atomic mass is 9.84. The topological polar surface area (TPSA) is 50.7 Å². The van der Waals surface area contributed by atoms with Crippen molar-refractivity contribution < 1.29 is 9.63 Å². The number of hydrogen-bond donors (Lipinski definition) is 1. The van der Waals surface area contributed by atoms with Gasteiger partial charge in [0.2, 0.25) is 5.60 Å². The number of benzene rings is 2. The van der Waals surface area contributed by atoms with Gasteiger partial charge < -0.3 is 10.2 Å². The fourth-order valence-corrected chi connectivity index (χ4v) is 3.04.